The Balaban J connectivity index is 1.72. The number of carbonyl (C=O) groups excluding carboxylic acids is 2. The Hall–Kier alpha value is -1.82. The summed E-state index contributed by atoms with van der Waals surface area (Å²) in [4.78, 5) is 23.5. The molecule has 1 aliphatic carbocycles. The summed E-state index contributed by atoms with van der Waals surface area (Å²) in [7, 11) is 0. The van der Waals surface area contributed by atoms with Gasteiger partial charge in [0.25, 0.3) is 5.91 Å². The van der Waals surface area contributed by atoms with Crippen molar-refractivity contribution in [3.05, 3.63) is 23.7 Å². The van der Waals surface area contributed by atoms with Crippen LogP contribution in [0.15, 0.2) is 16.7 Å². The van der Waals surface area contributed by atoms with E-state index in [4.69, 9.17) is 4.42 Å². The molecule has 0 aromatic carbocycles. The number of carbonyl (C=O) groups is 2. The number of aliphatic hydroxyl groups is 1. The lowest BCUT2D eigenvalue weighted by molar-refractivity contribution is -0.121. The fraction of sp³-hybridized carbons (Fsp3) is 0.600. The van der Waals surface area contributed by atoms with Crippen LogP contribution in [-0.2, 0) is 4.79 Å². The van der Waals surface area contributed by atoms with Crippen molar-refractivity contribution in [2.45, 2.75) is 44.6 Å². The Labute approximate surface area is 123 Å². The highest BCUT2D eigenvalue weighted by Crippen LogP contribution is 2.27. The molecule has 1 heterocycles. The molecule has 0 unspecified atom stereocenters. The summed E-state index contributed by atoms with van der Waals surface area (Å²) in [5, 5.41) is 15.5. The van der Waals surface area contributed by atoms with Crippen LogP contribution in [0.3, 0.4) is 0 Å². The van der Waals surface area contributed by atoms with Gasteiger partial charge in [-0.15, -0.1) is 0 Å². The molecule has 0 aliphatic heterocycles. The lowest BCUT2D eigenvalue weighted by atomic mass is 9.85. The van der Waals surface area contributed by atoms with Crippen molar-refractivity contribution in [3.63, 3.8) is 0 Å². The molecule has 6 heteroatoms. The molecular formula is C15H22N2O4. The average molecular weight is 294 g/mol. The molecule has 2 rings (SSSR count). The molecule has 1 aliphatic rings. The number of rotatable bonds is 5. The molecular weight excluding hydrogens is 272 g/mol. The zero-order valence-electron chi connectivity index (χ0n) is 12.3. The average Bonchev–Trinajstić information content (AvgIpc) is 2.90. The third-order valence-electron chi connectivity index (χ3n) is 3.91. The number of hydrogen-bond acceptors (Lipinski definition) is 4. The second kappa shape index (κ2) is 6.76. The van der Waals surface area contributed by atoms with Crippen LogP contribution in [0, 0.1) is 6.92 Å². The van der Waals surface area contributed by atoms with Gasteiger partial charge in [-0.25, -0.2) is 0 Å². The Morgan fingerprint density at radius 3 is 2.62 bits per heavy atom. The van der Waals surface area contributed by atoms with E-state index in [0.717, 1.165) is 19.3 Å². The van der Waals surface area contributed by atoms with Crippen LogP contribution in [-0.4, -0.2) is 35.6 Å². The maximum Gasteiger partial charge on any atom is 0.255 e. The summed E-state index contributed by atoms with van der Waals surface area (Å²) in [6.07, 6.45) is 5.98. The van der Waals surface area contributed by atoms with Gasteiger partial charge in [0.05, 0.1) is 24.0 Å². The minimum atomic E-state index is -0.793. The van der Waals surface area contributed by atoms with Crippen molar-refractivity contribution in [3.8, 4) is 0 Å². The van der Waals surface area contributed by atoms with Gasteiger partial charge in [-0.05, 0) is 25.8 Å². The third kappa shape index (κ3) is 4.32. The summed E-state index contributed by atoms with van der Waals surface area (Å²) in [5.74, 6) is -0.124. The first-order valence-corrected chi connectivity index (χ1v) is 7.32. The standard InChI is InChI=1S/C15H22N2O4/c1-11-12(5-8-21-11)14(19)16-9-13(18)17-10-15(20)6-3-2-4-7-15/h5,8,20H,2-4,6-7,9-10H2,1H3,(H,16,19)(H,17,18). The normalized spacial score (nSPS) is 17.2. The minimum Gasteiger partial charge on any atom is -0.469 e. The number of hydrogen-bond donors (Lipinski definition) is 3. The predicted octanol–water partition coefficient (Wildman–Crippen LogP) is 1.13. The molecule has 1 saturated carbocycles. The summed E-state index contributed by atoms with van der Waals surface area (Å²) >= 11 is 0. The molecule has 2 amide bonds. The first-order valence-electron chi connectivity index (χ1n) is 7.32. The molecule has 6 nitrogen and oxygen atoms in total. The monoisotopic (exact) mass is 294 g/mol. The number of nitrogens with one attached hydrogen (secondary N) is 2. The number of amides is 2. The molecule has 1 aromatic heterocycles. The Kier molecular flexibility index (Phi) is 5.01. The summed E-state index contributed by atoms with van der Waals surface area (Å²) in [5.41, 5.74) is -0.368. The maximum atomic E-state index is 11.8. The van der Waals surface area contributed by atoms with Gasteiger partial charge < -0.3 is 20.2 Å². The molecule has 0 radical (unpaired) electrons. The lowest BCUT2D eigenvalue weighted by Crippen LogP contribution is -2.46. The van der Waals surface area contributed by atoms with Crippen molar-refractivity contribution in [1.29, 1.82) is 0 Å². The first kappa shape index (κ1) is 15.6. The highest BCUT2D eigenvalue weighted by atomic mass is 16.3. The van der Waals surface area contributed by atoms with Crippen LogP contribution in [0.4, 0.5) is 0 Å². The van der Waals surface area contributed by atoms with E-state index in [0.29, 0.717) is 24.2 Å². The van der Waals surface area contributed by atoms with Gasteiger partial charge in [-0.2, -0.15) is 0 Å². The second-order valence-corrected chi connectivity index (χ2v) is 5.63. The quantitative estimate of drug-likeness (QED) is 0.759. The van der Waals surface area contributed by atoms with E-state index in [2.05, 4.69) is 10.6 Å². The van der Waals surface area contributed by atoms with Gasteiger partial charge in [0.15, 0.2) is 0 Å². The van der Waals surface area contributed by atoms with E-state index in [1.807, 2.05) is 0 Å². The van der Waals surface area contributed by atoms with Gasteiger partial charge in [-0.1, -0.05) is 19.3 Å². The van der Waals surface area contributed by atoms with Gasteiger partial charge >= 0.3 is 0 Å². The zero-order chi connectivity index (χ0) is 15.3. The fourth-order valence-electron chi connectivity index (χ4n) is 2.59. The van der Waals surface area contributed by atoms with Gasteiger partial charge in [-0.3, -0.25) is 9.59 Å². The molecule has 0 spiro atoms. The minimum absolute atomic E-state index is 0.112. The third-order valence-corrected chi connectivity index (χ3v) is 3.91. The molecule has 3 N–H and O–H groups in total. The molecule has 1 fully saturated rings. The topological polar surface area (TPSA) is 91.6 Å². The van der Waals surface area contributed by atoms with Crippen molar-refractivity contribution < 1.29 is 19.1 Å². The summed E-state index contributed by atoms with van der Waals surface area (Å²) in [6, 6.07) is 1.56. The fourth-order valence-corrected chi connectivity index (χ4v) is 2.59. The Bertz CT molecular complexity index is 504. The van der Waals surface area contributed by atoms with Crippen molar-refractivity contribution in [2.24, 2.45) is 0 Å². The predicted molar refractivity (Wildman–Crippen MR) is 76.8 cm³/mol. The molecule has 0 atom stereocenters. The van der Waals surface area contributed by atoms with Gasteiger partial charge in [0, 0.05) is 6.54 Å². The molecule has 0 bridgehead atoms. The molecule has 1 aromatic rings. The molecule has 0 saturated heterocycles. The van der Waals surface area contributed by atoms with Crippen LogP contribution >= 0.6 is 0 Å². The van der Waals surface area contributed by atoms with Crippen molar-refractivity contribution >= 4 is 11.8 Å². The largest absolute Gasteiger partial charge is 0.469 e. The van der Waals surface area contributed by atoms with Crippen LogP contribution in [0.1, 0.15) is 48.2 Å². The van der Waals surface area contributed by atoms with Gasteiger partial charge in [0.2, 0.25) is 5.91 Å². The molecule has 116 valence electrons. The van der Waals surface area contributed by atoms with Crippen LogP contribution in [0.2, 0.25) is 0 Å². The Morgan fingerprint density at radius 1 is 1.29 bits per heavy atom. The van der Waals surface area contributed by atoms with Crippen molar-refractivity contribution in [1.82, 2.24) is 10.6 Å². The highest BCUT2D eigenvalue weighted by Gasteiger charge is 2.29. The maximum absolute atomic E-state index is 11.8. The summed E-state index contributed by atoms with van der Waals surface area (Å²) in [6.45, 7) is 1.82. The van der Waals surface area contributed by atoms with Gasteiger partial charge in [0.1, 0.15) is 5.76 Å². The zero-order valence-corrected chi connectivity index (χ0v) is 12.3. The van der Waals surface area contributed by atoms with E-state index in [1.165, 1.54) is 6.26 Å². The first-order chi connectivity index (χ1) is 10.0. The van der Waals surface area contributed by atoms with E-state index >= 15 is 0 Å². The SMILES string of the molecule is Cc1occc1C(=O)NCC(=O)NCC1(O)CCCCC1. The molecule has 21 heavy (non-hydrogen) atoms. The smallest absolute Gasteiger partial charge is 0.255 e. The summed E-state index contributed by atoms with van der Waals surface area (Å²) < 4.78 is 5.04. The Morgan fingerprint density at radius 2 is 2.00 bits per heavy atom. The second-order valence-electron chi connectivity index (χ2n) is 5.63. The van der Waals surface area contributed by atoms with Crippen LogP contribution in [0.5, 0.6) is 0 Å². The van der Waals surface area contributed by atoms with E-state index < -0.39 is 5.60 Å². The van der Waals surface area contributed by atoms with Crippen LogP contribution < -0.4 is 10.6 Å². The van der Waals surface area contributed by atoms with Crippen molar-refractivity contribution in [2.75, 3.05) is 13.1 Å². The van der Waals surface area contributed by atoms with E-state index in [-0.39, 0.29) is 24.9 Å². The number of furan rings is 1. The number of aryl methyl sites for hydroxylation is 1. The van der Waals surface area contributed by atoms with E-state index in [9.17, 15) is 14.7 Å². The lowest BCUT2D eigenvalue weighted by Gasteiger charge is -2.32. The van der Waals surface area contributed by atoms with Crippen LogP contribution in [0.25, 0.3) is 0 Å². The highest BCUT2D eigenvalue weighted by molar-refractivity contribution is 5.97. The van der Waals surface area contributed by atoms with E-state index in [1.54, 1.807) is 13.0 Å².